The summed E-state index contributed by atoms with van der Waals surface area (Å²) in [7, 11) is 0. The first kappa shape index (κ1) is 16.0. The molecule has 1 aromatic rings. The van der Waals surface area contributed by atoms with Gasteiger partial charge >= 0.3 is 0 Å². The highest BCUT2D eigenvalue weighted by Gasteiger charge is 2.15. The second-order valence-corrected chi connectivity index (χ2v) is 5.96. The predicted molar refractivity (Wildman–Crippen MR) is 87.0 cm³/mol. The van der Waals surface area contributed by atoms with Gasteiger partial charge in [0, 0.05) is 39.3 Å². The zero-order valence-corrected chi connectivity index (χ0v) is 13.3. The maximum absolute atomic E-state index is 12.1. The van der Waals surface area contributed by atoms with Crippen LogP contribution >= 0.6 is 11.3 Å². The van der Waals surface area contributed by atoms with Crippen LogP contribution in [-0.2, 0) is 0 Å². The molecule has 8 heteroatoms. The van der Waals surface area contributed by atoms with E-state index in [2.05, 4.69) is 25.8 Å². The molecule has 0 saturated carbocycles. The van der Waals surface area contributed by atoms with Crippen LogP contribution < -0.4 is 21.7 Å². The summed E-state index contributed by atoms with van der Waals surface area (Å²) in [6.45, 7) is 8.70. The average molecular weight is 312 g/mol. The van der Waals surface area contributed by atoms with Gasteiger partial charge in [0.15, 0.2) is 5.13 Å². The Labute approximate surface area is 129 Å². The number of hydrogen-bond acceptors (Lipinski definition) is 7. The summed E-state index contributed by atoms with van der Waals surface area (Å²) in [5, 5.41) is 10.0. The number of hydrogen-bond donors (Lipinski definition) is 4. The number of nitrogens with two attached hydrogens (primary N) is 1. The topological polar surface area (TPSA) is 95.3 Å². The largest absolute Gasteiger partial charge is 0.382 e. The van der Waals surface area contributed by atoms with Crippen LogP contribution in [0.4, 0.5) is 10.9 Å². The van der Waals surface area contributed by atoms with Gasteiger partial charge in [-0.15, -0.1) is 0 Å². The summed E-state index contributed by atoms with van der Waals surface area (Å²) >= 11 is 1.30. The van der Waals surface area contributed by atoms with Gasteiger partial charge in [0.1, 0.15) is 10.7 Å². The Kier molecular flexibility index (Phi) is 6.21. The van der Waals surface area contributed by atoms with E-state index >= 15 is 0 Å². The highest BCUT2D eigenvalue weighted by atomic mass is 32.1. The van der Waals surface area contributed by atoms with Gasteiger partial charge in [-0.1, -0.05) is 11.3 Å². The third-order valence-corrected chi connectivity index (χ3v) is 4.36. The number of nitrogen functional groups attached to an aromatic ring is 1. The SMILES string of the molecule is CCNc1nc(N)c(C(=O)NCCCN2CCNCC2)s1. The molecule has 2 rings (SSSR count). The number of nitrogens with one attached hydrogen (secondary N) is 3. The van der Waals surface area contributed by atoms with Crippen LogP contribution in [0.2, 0.25) is 0 Å². The molecule has 0 atom stereocenters. The van der Waals surface area contributed by atoms with Crippen LogP contribution in [0.3, 0.4) is 0 Å². The molecular formula is C13H24N6OS. The normalized spacial score (nSPS) is 15.9. The maximum Gasteiger partial charge on any atom is 0.265 e. The van der Waals surface area contributed by atoms with Gasteiger partial charge in [0.25, 0.3) is 5.91 Å². The van der Waals surface area contributed by atoms with E-state index in [-0.39, 0.29) is 5.91 Å². The predicted octanol–water partition coefficient (Wildman–Crippen LogP) is 0.182. The fraction of sp³-hybridized carbons (Fsp3) is 0.692. The summed E-state index contributed by atoms with van der Waals surface area (Å²) in [4.78, 5) is 19.1. The van der Waals surface area contributed by atoms with Crippen LogP contribution in [-0.4, -0.2) is 61.6 Å². The average Bonchev–Trinajstić information content (AvgIpc) is 2.86. The van der Waals surface area contributed by atoms with E-state index < -0.39 is 0 Å². The number of amides is 1. The number of nitrogens with zero attached hydrogens (tertiary/aromatic N) is 2. The lowest BCUT2D eigenvalue weighted by Crippen LogP contribution is -2.44. The molecule has 2 heterocycles. The second-order valence-electron chi connectivity index (χ2n) is 4.96. The van der Waals surface area contributed by atoms with E-state index in [9.17, 15) is 4.79 Å². The minimum Gasteiger partial charge on any atom is -0.382 e. The molecule has 0 bridgehead atoms. The molecule has 0 unspecified atom stereocenters. The number of aromatic nitrogens is 1. The number of rotatable bonds is 7. The van der Waals surface area contributed by atoms with Crippen molar-refractivity contribution in [2.75, 3.05) is 56.9 Å². The Bertz CT molecular complexity index is 458. The van der Waals surface area contributed by atoms with Gasteiger partial charge in [-0.2, -0.15) is 0 Å². The molecule has 1 aliphatic rings. The molecule has 21 heavy (non-hydrogen) atoms. The molecular weight excluding hydrogens is 288 g/mol. The number of carbonyl (C=O) groups is 1. The van der Waals surface area contributed by atoms with Crippen LogP contribution in [0.25, 0.3) is 0 Å². The van der Waals surface area contributed by atoms with E-state index in [0.29, 0.717) is 22.4 Å². The molecule has 1 amide bonds. The Morgan fingerprint density at radius 2 is 2.24 bits per heavy atom. The molecule has 1 saturated heterocycles. The van der Waals surface area contributed by atoms with Gasteiger partial charge in [0.05, 0.1) is 0 Å². The fourth-order valence-electron chi connectivity index (χ4n) is 2.24. The first-order chi connectivity index (χ1) is 10.2. The molecule has 0 aliphatic carbocycles. The maximum atomic E-state index is 12.1. The molecule has 0 radical (unpaired) electrons. The lowest BCUT2D eigenvalue weighted by atomic mass is 10.3. The van der Waals surface area contributed by atoms with Crippen molar-refractivity contribution in [1.82, 2.24) is 20.5 Å². The summed E-state index contributed by atoms with van der Waals surface area (Å²) < 4.78 is 0. The molecule has 5 N–H and O–H groups in total. The first-order valence-electron chi connectivity index (χ1n) is 7.42. The molecule has 0 spiro atoms. The minimum atomic E-state index is -0.130. The Morgan fingerprint density at radius 1 is 1.48 bits per heavy atom. The van der Waals surface area contributed by atoms with Crippen LogP contribution in [0, 0.1) is 0 Å². The Hall–Kier alpha value is -1.38. The molecule has 1 aliphatic heterocycles. The summed E-state index contributed by atoms with van der Waals surface area (Å²) in [5.74, 6) is 0.171. The fourth-order valence-corrected chi connectivity index (χ4v) is 3.11. The highest BCUT2D eigenvalue weighted by molar-refractivity contribution is 7.18. The number of carbonyl (C=O) groups excluding carboxylic acids is 1. The molecule has 0 aromatic carbocycles. The first-order valence-corrected chi connectivity index (χ1v) is 8.23. The van der Waals surface area contributed by atoms with E-state index in [1.54, 1.807) is 0 Å². The summed E-state index contributed by atoms with van der Waals surface area (Å²) in [6.07, 6.45) is 0.949. The van der Waals surface area contributed by atoms with Crippen molar-refractivity contribution in [2.24, 2.45) is 0 Å². The standard InChI is InChI=1S/C13H24N6OS/c1-2-16-13-18-11(14)10(21-13)12(20)17-4-3-7-19-8-5-15-6-9-19/h15H,2-9,14H2,1H3,(H,16,18)(H,17,20). The van der Waals surface area contributed by atoms with Gasteiger partial charge in [-0.3, -0.25) is 4.79 Å². The van der Waals surface area contributed by atoms with Crippen LogP contribution in [0.5, 0.6) is 0 Å². The van der Waals surface area contributed by atoms with Crippen molar-refractivity contribution in [1.29, 1.82) is 0 Å². The van der Waals surface area contributed by atoms with Gasteiger partial charge in [-0.05, 0) is 19.9 Å². The second kappa shape index (κ2) is 8.16. The Morgan fingerprint density at radius 3 is 2.95 bits per heavy atom. The van der Waals surface area contributed by atoms with E-state index in [0.717, 1.165) is 45.7 Å². The molecule has 1 aromatic heterocycles. The third kappa shape index (κ3) is 4.83. The molecule has 7 nitrogen and oxygen atoms in total. The molecule has 1 fully saturated rings. The van der Waals surface area contributed by atoms with Crippen LogP contribution in [0.15, 0.2) is 0 Å². The summed E-state index contributed by atoms with van der Waals surface area (Å²) in [6, 6.07) is 0. The minimum absolute atomic E-state index is 0.130. The van der Waals surface area contributed by atoms with Crippen molar-refractivity contribution < 1.29 is 4.79 Å². The zero-order chi connectivity index (χ0) is 15.1. The summed E-state index contributed by atoms with van der Waals surface area (Å²) in [5.41, 5.74) is 5.78. The highest BCUT2D eigenvalue weighted by Crippen LogP contribution is 2.24. The van der Waals surface area contributed by atoms with E-state index in [1.807, 2.05) is 6.92 Å². The molecule has 118 valence electrons. The number of anilines is 2. The van der Waals surface area contributed by atoms with Crippen molar-refractivity contribution >= 4 is 28.2 Å². The van der Waals surface area contributed by atoms with Crippen molar-refractivity contribution in [3.05, 3.63) is 4.88 Å². The van der Waals surface area contributed by atoms with Crippen molar-refractivity contribution in [3.8, 4) is 0 Å². The smallest absolute Gasteiger partial charge is 0.265 e. The number of thiazole rings is 1. The zero-order valence-electron chi connectivity index (χ0n) is 12.4. The van der Waals surface area contributed by atoms with Gasteiger partial charge < -0.3 is 26.6 Å². The monoisotopic (exact) mass is 312 g/mol. The lowest BCUT2D eigenvalue weighted by Gasteiger charge is -2.27. The van der Waals surface area contributed by atoms with Gasteiger partial charge in [-0.25, -0.2) is 4.98 Å². The third-order valence-electron chi connectivity index (χ3n) is 3.33. The Balaban J connectivity index is 1.71. The van der Waals surface area contributed by atoms with Crippen molar-refractivity contribution in [3.63, 3.8) is 0 Å². The van der Waals surface area contributed by atoms with E-state index in [4.69, 9.17) is 5.73 Å². The quantitative estimate of drug-likeness (QED) is 0.537. The van der Waals surface area contributed by atoms with Crippen LogP contribution in [0.1, 0.15) is 23.0 Å². The van der Waals surface area contributed by atoms with Crippen molar-refractivity contribution in [2.45, 2.75) is 13.3 Å². The van der Waals surface area contributed by atoms with E-state index in [1.165, 1.54) is 11.3 Å². The number of piperazine rings is 1. The lowest BCUT2D eigenvalue weighted by molar-refractivity contribution is 0.0956. The van der Waals surface area contributed by atoms with Gasteiger partial charge in [0.2, 0.25) is 0 Å².